The SMILES string of the molecule is Cc1ccc2c(c1)OCC(=O)N2CCC(=O)N1CCC(C)CC1. The standard InChI is InChI=1S/C18H24N2O3/c1-13-5-8-19(9-6-13)17(21)7-10-20-15-4-3-14(2)11-16(15)23-12-18(20)22/h3-4,11,13H,5-10,12H2,1-2H3. The van der Waals surface area contributed by atoms with E-state index in [2.05, 4.69) is 6.92 Å². The number of fused-ring (bicyclic) bond motifs is 1. The van der Waals surface area contributed by atoms with Crippen LogP contribution in [0.4, 0.5) is 5.69 Å². The first-order valence-electron chi connectivity index (χ1n) is 8.36. The second-order valence-electron chi connectivity index (χ2n) is 6.62. The number of likely N-dealkylation sites (tertiary alicyclic amines) is 1. The van der Waals surface area contributed by atoms with E-state index in [1.807, 2.05) is 30.0 Å². The van der Waals surface area contributed by atoms with E-state index in [0.29, 0.717) is 18.9 Å². The fourth-order valence-corrected chi connectivity index (χ4v) is 3.18. The van der Waals surface area contributed by atoms with Gasteiger partial charge in [-0.3, -0.25) is 9.59 Å². The Labute approximate surface area is 137 Å². The minimum atomic E-state index is -0.0820. The number of nitrogens with zero attached hydrogens (tertiary/aromatic N) is 2. The minimum Gasteiger partial charge on any atom is -0.482 e. The number of benzene rings is 1. The molecule has 0 atom stereocenters. The van der Waals surface area contributed by atoms with Crippen LogP contribution in [0.5, 0.6) is 5.75 Å². The van der Waals surface area contributed by atoms with Gasteiger partial charge in [-0.2, -0.15) is 0 Å². The maximum atomic E-state index is 12.4. The van der Waals surface area contributed by atoms with Crippen molar-refractivity contribution in [2.24, 2.45) is 5.92 Å². The highest BCUT2D eigenvalue weighted by Gasteiger charge is 2.27. The van der Waals surface area contributed by atoms with E-state index in [9.17, 15) is 9.59 Å². The first-order valence-corrected chi connectivity index (χ1v) is 8.36. The lowest BCUT2D eigenvalue weighted by Crippen LogP contribution is -2.43. The summed E-state index contributed by atoms with van der Waals surface area (Å²) in [6, 6.07) is 5.79. The number of carbonyl (C=O) groups excluding carboxylic acids is 2. The van der Waals surface area contributed by atoms with Gasteiger partial charge in [0.25, 0.3) is 5.91 Å². The number of hydrogen-bond acceptors (Lipinski definition) is 3. The second-order valence-corrected chi connectivity index (χ2v) is 6.62. The predicted octanol–water partition coefficient (Wildman–Crippen LogP) is 2.37. The Morgan fingerprint density at radius 1 is 1.30 bits per heavy atom. The molecule has 0 spiro atoms. The van der Waals surface area contributed by atoms with Gasteiger partial charge in [0.2, 0.25) is 5.91 Å². The molecule has 2 aliphatic heterocycles. The Kier molecular flexibility index (Phi) is 4.55. The zero-order valence-electron chi connectivity index (χ0n) is 13.9. The Hall–Kier alpha value is -2.04. The minimum absolute atomic E-state index is 0.0475. The van der Waals surface area contributed by atoms with E-state index in [0.717, 1.165) is 42.9 Å². The molecule has 0 aromatic heterocycles. The normalized spacial score (nSPS) is 18.6. The molecule has 2 aliphatic rings. The largest absolute Gasteiger partial charge is 0.482 e. The topological polar surface area (TPSA) is 49.9 Å². The molecule has 23 heavy (non-hydrogen) atoms. The zero-order chi connectivity index (χ0) is 16.4. The molecule has 0 unspecified atom stereocenters. The van der Waals surface area contributed by atoms with Gasteiger partial charge in [0.15, 0.2) is 6.61 Å². The summed E-state index contributed by atoms with van der Waals surface area (Å²) in [5.41, 5.74) is 1.86. The summed E-state index contributed by atoms with van der Waals surface area (Å²) in [6.45, 7) is 6.37. The number of carbonyl (C=O) groups is 2. The van der Waals surface area contributed by atoms with E-state index in [-0.39, 0.29) is 18.4 Å². The Morgan fingerprint density at radius 3 is 2.78 bits per heavy atom. The van der Waals surface area contributed by atoms with Crippen molar-refractivity contribution < 1.29 is 14.3 Å². The molecule has 0 bridgehead atoms. The fourth-order valence-electron chi connectivity index (χ4n) is 3.18. The van der Waals surface area contributed by atoms with Crippen molar-refractivity contribution in [2.75, 3.05) is 31.1 Å². The van der Waals surface area contributed by atoms with E-state index >= 15 is 0 Å². The van der Waals surface area contributed by atoms with Gasteiger partial charge in [0, 0.05) is 26.1 Å². The molecule has 2 heterocycles. The summed E-state index contributed by atoms with van der Waals surface area (Å²) < 4.78 is 5.50. The summed E-state index contributed by atoms with van der Waals surface area (Å²) in [5, 5.41) is 0. The molecule has 0 radical (unpaired) electrons. The molecule has 3 rings (SSSR count). The third-order valence-corrected chi connectivity index (χ3v) is 4.74. The van der Waals surface area contributed by atoms with Crippen LogP contribution in [0, 0.1) is 12.8 Å². The maximum Gasteiger partial charge on any atom is 0.265 e. The third-order valence-electron chi connectivity index (χ3n) is 4.74. The van der Waals surface area contributed by atoms with E-state index in [4.69, 9.17) is 4.74 Å². The van der Waals surface area contributed by atoms with Gasteiger partial charge in [-0.25, -0.2) is 0 Å². The van der Waals surface area contributed by atoms with Crippen molar-refractivity contribution in [2.45, 2.75) is 33.1 Å². The van der Waals surface area contributed by atoms with E-state index < -0.39 is 0 Å². The number of piperidine rings is 1. The quantitative estimate of drug-likeness (QED) is 0.860. The van der Waals surface area contributed by atoms with Gasteiger partial charge < -0.3 is 14.5 Å². The van der Waals surface area contributed by atoms with Crippen LogP contribution in [0.15, 0.2) is 18.2 Å². The predicted molar refractivity (Wildman–Crippen MR) is 88.6 cm³/mol. The monoisotopic (exact) mass is 316 g/mol. The van der Waals surface area contributed by atoms with E-state index in [1.165, 1.54) is 0 Å². The third kappa shape index (κ3) is 3.49. The molecule has 0 saturated carbocycles. The summed E-state index contributed by atoms with van der Waals surface area (Å²) in [7, 11) is 0. The maximum absolute atomic E-state index is 12.4. The molecule has 5 heteroatoms. The molecule has 1 fully saturated rings. The van der Waals surface area contributed by atoms with Gasteiger partial charge in [-0.1, -0.05) is 13.0 Å². The number of rotatable bonds is 3. The lowest BCUT2D eigenvalue weighted by Gasteiger charge is -2.32. The molecule has 2 amide bonds. The van der Waals surface area contributed by atoms with Crippen molar-refractivity contribution in [3.8, 4) is 5.75 Å². The molecular weight excluding hydrogens is 292 g/mol. The van der Waals surface area contributed by atoms with Crippen molar-refractivity contribution in [1.29, 1.82) is 0 Å². The molecule has 5 nitrogen and oxygen atoms in total. The van der Waals surface area contributed by atoms with Crippen LogP contribution < -0.4 is 9.64 Å². The first kappa shape index (κ1) is 15.8. The summed E-state index contributed by atoms with van der Waals surface area (Å²) in [5.74, 6) is 1.49. The van der Waals surface area contributed by atoms with Crippen molar-refractivity contribution in [1.82, 2.24) is 4.90 Å². The van der Waals surface area contributed by atoms with Crippen LogP contribution in [0.1, 0.15) is 31.7 Å². The molecule has 1 saturated heterocycles. The van der Waals surface area contributed by atoms with Crippen LogP contribution in [0.2, 0.25) is 0 Å². The van der Waals surface area contributed by atoms with Crippen LogP contribution in [0.25, 0.3) is 0 Å². The lowest BCUT2D eigenvalue weighted by atomic mass is 9.99. The summed E-state index contributed by atoms with van der Waals surface area (Å²) >= 11 is 0. The van der Waals surface area contributed by atoms with Crippen molar-refractivity contribution >= 4 is 17.5 Å². The van der Waals surface area contributed by atoms with Gasteiger partial charge in [0.1, 0.15) is 5.75 Å². The first-order chi connectivity index (χ1) is 11.0. The van der Waals surface area contributed by atoms with Gasteiger partial charge >= 0.3 is 0 Å². The highest BCUT2D eigenvalue weighted by molar-refractivity contribution is 5.98. The number of amides is 2. The summed E-state index contributed by atoms with van der Waals surface area (Å²) in [4.78, 5) is 28.1. The number of aryl methyl sites for hydroxylation is 1. The Balaban J connectivity index is 1.64. The number of ether oxygens (including phenoxy) is 1. The summed E-state index contributed by atoms with van der Waals surface area (Å²) in [6.07, 6.45) is 2.52. The Bertz CT molecular complexity index is 606. The van der Waals surface area contributed by atoms with Gasteiger partial charge in [-0.05, 0) is 43.4 Å². The lowest BCUT2D eigenvalue weighted by molar-refractivity contribution is -0.132. The molecule has 124 valence electrons. The number of anilines is 1. The van der Waals surface area contributed by atoms with Crippen LogP contribution >= 0.6 is 0 Å². The number of hydrogen-bond donors (Lipinski definition) is 0. The van der Waals surface area contributed by atoms with Crippen molar-refractivity contribution in [3.05, 3.63) is 23.8 Å². The zero-order valence-corrected chi connectivity index (χ0v) is 13.9. The molecule has 1 aromatic rings. The fraction of sp³-hybridized carbons (Fsp3) is 0.556. The smallest absolute Gasteiger partial charge is 0.265 e. The average Bonchev–Trinajstić information content (AvgIpc) is 2.54. The molecule has 0 aliphatic carbocycles. The van der Waals surface area contributed by atoms with E-state index in [1.54, 1.807) is 4.90 Å². The average molecular weight is 316 g/mol. The highest BCUT2D eigenvalue weighted by Crippen LogP contribution is 2.33. The highest BCUT2D eigenvalue weighted by atomic mass is 16.5. The Morgan fingerprint density at radius 2 is 2.04 bits per heavy atom. The van der Waals surface area contributed by atoms with Gasteiger partial charge in [0.05, 0.1) is 5.69 Å². The van der Waals surface area contributed by atoms with Crippen LogP contribution in [0.3, 0.4) is 0 Å². The van der Waals surface area contributed by atoms with Crippen LogP contribution in [-0.4, -0.2) is 43.0 Å². The van der Waals surface area contributed by atoms with Crippen molar-refractivity contribution in [3.63, 3.8) is 0 Å². The van der Waals surface area contributed by atoms with Crippen LogP contribution in [-0.2, 0) is 9.59 Å². The second kappa shape index (κ2) is 6.60. The molecule has 1 aromatic carbocycles. The molecule has 0 N–H and O–H groups in total. The molecular formula is C18H24N2O3. The van der Waals surface area contributed by atoms with Gasteiger partial charge in [-0.15, -0.1) is 0 Å².